The number of amides is 1. The molecule has 3 aromatic rings. The number of hydrogen-bond acceptors (Lipinski definition) is 4. The highest BCUT2D eigenvalue weighted by Crippen LogP contribution is 2.26. The lowest BCUT2D eigenvalue weighted by Crippen LogP contribution is -2.41. The first kappa shape index (κ1) is 17.6. The molecular formula is C18H15BrFN5O2. The quantitative estimate of drug-likeness (QED) is 0.554. The second-order valence-corrected chi connectivity index (χ2v) is 7.03. The van der Waals surface area contributed by atoms with E-state index in [9.17, 15) is 14.0 Å². The molecule has 0 atom stereocenters. The van der Waals surface area contributed by atoms with E-state index in [1.165, 1.54) is 17.0 Å². The molecule has 7 nitrogen and oxygen atoms in total. The van der Waals surface area contributed by atoms with E-state index in [0.29, 0.717) is 15.7 Å². The first-order valence-electron chi connectivity index (χ1n) is 8.47. The van der Waals surface area contributed by atoms with Gasteiger partial charge in [-0.2, -0.15) is 4.68 Å². The second kappa shape index (κ2) is 7.07. The van der Waals surface area contributed by atoms with Crippen molar-refractivity contribution < 1.29 is 9.18 Å². The number of hydrogen-bond donors (Lipinski definition) is 0. The van der Waals surface area contributed by atoms with Gasteiger partial charge in [0.2, 0.25) is 0 Å². The highest BCUT2D eigenvalue weighted by atomic mass is 79.9. The summed E-state index contributed by atoms with van der Waals surface area (Å²) in [7, 11) is 0. The second-order valence-electron chi connectivity index (χ2n) is 6.18. The number of para-hydroxylation sites is 2. The third-order valence-corrected chi connectivity index (χ3v) is 5.14. The summed E-state index contributed by atoms with van der Waals surface area (Å²) < 4.78 is 16.0. The molecule has 0 radical (unpaired) electrons. The maximum absolute atomic E-state index is 14.2. The molecule has 0 bridgehead atoms. The summed E-state index contributed by atoms with van der Waals surface area (Å²) in [4.78, 5) is 27.3. The van der Waals surface area contributed by atoms with Gasteiger partial charge in [0.15, 0.2) is 0 Å². The van der Waals surface area contributed by atoms with Crippen LogP contribution in [0.1, 0.15) is 18.4 Å². The Hall–Kier alpha value is -2.81. The van der Waals surface area contributed by atoms with Crippen molar-refractivity contribution in [2.24, 2.45) is 0 Å². The van der Waals surface area contributed by atoms with Gasteiger partial charge >= 0.3 is 11.7 Å². The smallest absolute Gasteiger partial charge is 0.292 e. The van der Waals surface area contributed by atoms with Gasteiger partial charge in [0.25, 0.3) is 0 Å². The molecule has 1 aliphatic heterocycles. The zero-order valence-electron chi connectivity index (χ0n) is 14.2. The Bertz CT molecular complexity index is 1060. The van der Waals surface area contributed by atoms with Gasteiger partial charge in [0.05, 0.1) is 0 Å². The van der Waals surface area contributed by atoms with Crippen molar-refractivity contribution in [3.63, 3.8) is 0 Å². The van der Waals surface area contributed by atoms with Gasteiger partial charge in [-0.25, -0.2) is 14.0 Å². The minimum absolute atomic E-state index is 0.0854. The van der Waals surface area contributed by atoms with Gasteiger partial charge in [-0.05, 0) is 69.4 Å². The van der Waals surface area contributed by atoms with E-state index in [1.54, 1.807) is 6.07 Å². The Kier molecular flexibility index (Phi) is 4.61. The van der Waals surface area contributed by atoms with Gasteiger partial charge < -0.3 is 0 Å². The normalized spacial score (nSPS) is 13.9. The van der Waals surface area contributed by atoms with E-state index in [0.717, 1.165) is 35.2 Å². The molecule has 2 heterocycles. The predicted molar refractivity (Wildman–Crippen MR) is 101 cm³/mol. The first-order chi connectivity index (χ1) is 13.1. The highest BCUT2D eigenvalue weighted by Gasteiger charge is 2.26. The van der Waals surface area contributed by atoms with Crippen molar-refractivity contribution >= 4 is 27.6 Å². The Morgan fingerprint density at radius 2 is 1.89 bits per heavy atom. The molecule has 1 amide bonds. The van der Waals surface area contributed by atoms with Crippen LogP contribution < -0.4 is 10.6 Å². The van der Waals surface area contributed by atoms with Crippen LogP contribution in [0.4, 0.5) is 14.9 Å². The fourth-order valence-corrected chi connectivity index (χ4v) is 3.71. The monoisotopic (exact) mass is 431 g/mol. The number of anilines is 1. The van der Waals surface area contributed by atoms with Crippen LogP contribution in [0.2, 0.25) is 0 Å². The minimum atomic E-state index is -0.826. The number of nitrogens with zero attached hydrogens (tertiary/aromatic N) is 5. The van der Waals surface area contributed by atoms with Gasteiger partial charge in [-0.3, -0.25) is 4.90 Å². The van der Waals surface area contributed by atoms with Crippen LogP contribution in [-0.4, -0.2) is 32.4 Å². The maximum Gasteiger partial charge on any atom is 0.377 e. The molecule has 138 valence electrons. The standard InChI is InChI=1S/C18H15BrFN5O2/c19-13-8-5-9-14(20)16(13)24-18(27)25(22-21-24)17(26)23-11-4-3-7-12-6-1-2-10-15(12)23/h1-2,5-6,8-10H,3-4,7,11H2. The molecule has 0 fully saturated rings. The van der Waals surface area contributed by atoms with Crippen LogP contribution >= 0.6 is 15.9 Å². The summed E-state index contributed by atoms with van der Waals surface area (Å²) in [5.41, 5.74) is 0.888. The number of carbonyl (C=O) groups excluding carboxylic acids is 1. The van der Waals surface area contributed by atoms with E-state index in [2.05, 4.69) is 26.4 Å². The number of rotatable bonds is 1. The van der Waals surface area contributed by atoms with Crippen LogP contribution in [0.3, 0.4) is 0 Å². The topological polar surface area (TPSA) is 73.0 Å². The summed E-state index contributed by atoms with van der Waals surface area (Å²) in [5.74, 6) is -0.647. The molecule has 9 heteroatoms. The van der Waals surface area contributed by atoms with Gasteiger partial charge in [-0.1, -0.05) is 24.3 Å². The van der Waals surface area contributed by atoms with E-state index in [1.807, 2.05) is 24.3 Å². The number of aromatic nitrogens is 4. The molecule has 1 aromatic heterocycles. The molecule has 4 rings (SSSR count). The molecule has 1 aliphatic rings. The molecule has 27 heavy (non-hydrogen) atoms. The highest BCUT2D eigenvalue weighted by molar-refractivity contribution is 9.10. The van der Waals surface area contributed by atoms with E-state index >= 15 is 0 Å². The van der Waals surface area contributed by atoms with Crippen LogP contribution in [0.25, 0.3) is 5.69 Å². The molecule has 0 aliphatic carbocycles. The number of carbonyl (C=O) groups is 1. The Labute approximate surface area is 162 Å². The lowest BCUT2D eigenvalue weighted by molar-refractivity contribution is 0.243. The Balaban J connectivity index is 1.77. The number of aryl methyl sites for hydroxylation is 1. The SMILES string of the molecule is O=C(N1CCCCc2ccccc21)n1nnn(-c2c(F)cccc2Br)c1=O. The average Bonchev–Trinajstić information content (AvgIpc) is 2.90. The van der Waals surface area contributed by atoms with Crippen molar-refractivity contribution in [1.29, 1.82) is 0 Å². The zero-order chi connectivity index (χ0) is 19.0. The number of tetrazole rings is 1. The largest absolute Gasteiger partial charge is 0.377 e. The molecular weight excluding hydrogens is 417 g/mol. The summed E-state index contributed by atoms with van der Waals surface area (Å²) in [6, 6.07) is 11.3. The molecule has 0 saturated carbocycles. The lowest BCUT2D eigenvalue weighted by atomic mass is 10.1. The fourth-order valence-electron chi connectivity index (χ4n) is 3.20. The van der Waals surface area contributed by atoms with Crippen LogP contribution in [-0.2, 0) is 6.42 Å². The number of benzene rings is 2. The predicted octanol–water partition coefficient (Wildman–Crippen LogP) is 3.14. The third-order valence-electron chi connectivity index (χ3n) is 4.50. The molecule has 2 aromatic carbocycles. The fraction of sp³-hybridized carbons (Fsp3) is 0.222. The van der Waals surface area contributed by atoms with Crippen molar-refractivity contribution in [2.45, 2.75) is 19.3 Å². The molecule has 0 unspecified atom stereocenters. The van der Waals surface area contributed by atoms with Crippen molar-refractivity contribution in [2.75, 3.05) is 11.4 Å². The van der Waals surface area contributed by atoms with E-state index in [4.69, 9.17) is 0 Å². The van der Waals surface area contributed by atoms with Crippen LogP contribution in [0, 0.1) is 5.82 Å². The summed E-state index contributed by atoms with van der Waals surface area (Å²) in [5, 5.41) is 7.39. The maximum atomic E-state index is 14.2. The van der Waals surface area contributed by atoms with Gasteiger partial charge in [0.1, 0.15) is 11.5 Å². The summed E-state index contributed by atoms with van der Waals surface area (Å²) in [6.07, 6.45) is 2.62. The van der Waals surface area contributed by atoms with E-state index < -0.39 is 17.5 Å². The van der Waals surface area contributed by atoms with Gasteiger partial charge in [-0.15, -0.1) is 4.68 Å². The lowest BCUT2D eigenvalue weighted by Gasteiger charge is -2.21. The third kappa shape index (κ3) is 3.08. The van der Waals surface area contributed by atoms with Gasteiger partial charge in [0, 0.05) is 16.7 Å². The number of halogens is 2. The summed E-state index contributed by atoms with van der Waals surface area (Å²) >= 11 is 3.20. The average molecular weight is 432 g/mol. The van der Waals surface area contributed by atoms with E-state index in [-0.39, 0.29) is 5.69 Å². The summed E-state index contributed by atoms with van der Waals surface area (Å²) in [6.45, 7) is 0.471. The first-order valence-corrected chi connectivity index (χ1v) is 9.26. The molecule has 0 N–H and O–H groups in total. The minimum Gasteiger partial charge on any atom is -0.292 e. The zero-order valence-corrected chi connectivity index (χ0v) is 15.8. The van der Waals surface area contributed by atoms with Crippen LogP contribution in [0.5, 0.6) is 0 Å². The number of fused-ring (bicyclic) bond motifs is 1. The Morgan fingerprint density at radius 1 is 1.07 bits per heavy atom. The van der Waals surface area contributed by atoms with Crippen molar-refractivity contribution in [3.05, 3.63) is 68.8 Å². The van der Waals surface area contributed by atoms with Crippen molar-refractivity contribution in [1.82, 2.24) is 19.8 Å². The Morgan fingerprint density at radius 3 is 2.70 bits per heavy atom. The van der Waals surface area contributed by atoms with Crippen LogP contribution in [0.15, 0.2) is 51.7 Å². The molecule has 0 spiro atoms. The van der Waals surface area contributed by atoms with Crippen molar-refractivity contribution in [3.8, 4) is 5.69 Å². The molecule has 0 saturated heterocycles.